The van der Waals surface area contributed by atoms with Gasteiger partial charge in [-0.05, 0) is 29.0 Å². The van der Waals surface area contributed by atoms with E-state index in [0.717, 1.165) is 11.5 Å². The molecule has 0 aromatic heterocycles. The molecule has 3 nitrogen and oxygen atoms in total. The fraction of sp³-hybridized carbons (Fsp3) is 0.455. The molecule has 0 saturated heterocycles. The van der Waals surface area contributed by atoms with Crippen LogP contribution < -0.4 is 9.05 Å². The van der Waals surface area contributed by atoms with Crippen LogP contribution >= 0.6 is 8.17 Å². The van der Waals surface area contributed by atoms with Crippen LogP contribution in [0.3, 0.4) is 0 Å². The summed E-state index contributed by atoms with van der Waals surface area (Å²) in [7, 11) is 0.406. The Labute approximate surface area is 165 Å². The molecule has 0 spiro atoms. The van der Waals surface area contributed by atoms with Crippen molar-refractivity contribution in [2.75, 3.05) is 7.05 Å². The summed E-state index contributed by atoms with van der Waals surface area (Å²) in [4.78, 5) is 0. The van der Waals surface area contributed by atoms with E-state index in [0.29, 0.717) is 0 Å². The molecule has 0 unspecified atom stereocenters. The zero-order valence-corrected chi connectivity index (χ0v) is 16.4. The second-order valence-electron chi connectivity index (χ2n) is 3.25. The first-order chi connectivity index (χ1) is 11.4. The highest BCUT2D eigenvalue weighted by atomic mass is 31.1. The second-order valence-corrected chi connectivity index (χ2v) is 4.49. The first kappa shape index (κ1) is 35.3. The van der Waals surface area contributed by atoms with Gasteiger partial charge in [0.25, 0.3) is 0 Å². The van der Waals surface area contributed by atoms with Crippen LogP contribution in [0, 0.1) is 0 Å². The van der Waals surface area contributed by atoms with Crippen molar-refractivity contribution in [3.05, 3.63) is 60.7 Å². The number of benzene rings is 2. The molecule has 2 rings (SSSR count). The van der Waals surface area contributed by atoms with E-state index in [1.54, 1.807) is 7.05 Å². The van der Waals surface area contributed by atoms with Crippen LogP contribution in [0.5, 0.6) is 11.5 Å². The Bertz CT molecular complexity index is 445. The van der Waals surface area contributed by atoms with Gasteiger partial charge in [-0.2, -0.15) is 0 Å². The van der Waals surface area contributed by atoms with Gasteiger partial charge in [0.15, 0.2) is 11.5 Å². The lowest BCUT2D eigenvalue weighted by Crippen LogP contribution is -1.88. The van der Waals surface area contributed by atoms with Gasteiger partial charge in [-0.15, -0.1) is 0 Å². The fourth-order valence-electron chi connectivity index (χ4n) is 1.24. The van der Waals surface area contributed by atoms with Gasteiger partial charge in [-0.3, -0.25) is 0 Å². The van der Waals surface area contributed by atoms with E-state index in [1.165, 1.54) is 0 Å². The first-order valence-electron chi connectivity index (χ1n) is 8.24. The van der Waals surface area contributed by atoms with Crippen molar-refractivity contribution in [2.45, 2.75) is 63.8 Å². The van der Waals surface area contributed by atoms with Crippen LogP contribution in [-0.4, -0.2) is 7.05 Å². The molecule has 0 aliphatic rings. The van der Waals surface area contributed by atoms with Crippen LogP contribution in [0.2, 0.25) is 0 Å². The van der Waals surface area contributed by atoms with Crippen molar-refractivity contribution in [3.63, 3.8) is 0 Å². The van der Waals surface area contributed by atoms with Crippen LogP contribution in [0.4, 0.5) is 0 Å². The van der Waals surface area contributed by atoms with E-state index < -0.39 is 8.17 Å². The maximum absolute atomic E-state index is 5.64. The maximum atomic E-state index is 5.64. The number of para-hydroxylation sites is 2. The van der Waals surface area contributed by atoms with Crippen LogP contribution in [0.25, 0.3) is 0 Å². The van der Waals surface area contributed by atoms with Crippen molar-refractivity contribution >= 4 is 8.17 Å². The number of hydrogen-bond donors (Lipinski definition) is 0. The zero-order valence-electron chi connectivity index (χ0n) is 15.5. The Hall–Kier alpha value is -1.86. The molecular weight excluding hydrogens is 341 g/mol. The molecule has 0 aliphatic heterocycles. The number of rotatable bonds is 4. The molecule has 0 N–H and O–H groups in total. The van der Waals surface area contributed by atoms with Gasteiger partial charge >= 0.3 is 8.17 Å². The quantitative estimate of drug-likeness (QED) is 0.492. The smallest absolute Gasteiger partial charge is 0.236 e. The molecule has 0 heterocycles. The molecule has 4 heteroatoms. The predicted octanol–water partition coefficient (Wildman–Crippen LogP) is 9.26. The van der Waals surface area contributed by atoms with Crippen LogP contribution in [0.15, 0.2) is 65.4 Å². The Morgan fingerprint density at radius 3 is 1.08 bits per heavy atom. The summed E-state index contributed by atoms with van der Waals surface area (Å²) in [6.07, 6.45) is 0. The van der Waals surface area contributed by atoms with Gasteiger partial charge in [-0.25, -0.2) is 9.05 Å². The van der Waals surface area contributed by atoms with Gasteiger partial charge in [0.2, 0.25) is 0 Å². The zero-order chi connectivity index (χ0) is 17.9. The minimum atomic E-state index is -1.29. The third-order valence-electron chi connectivity index (χ3n) is 2.02. The fourth-order valence-corrected chi connectivity index (χ4v) is 2.05. The summed E-state index contributed by atoms with van der Waals surface area (Å²) in [6.45, 7) is 12.0. The van der Waals surface area contributed by atoms with Crippen molar-refractivity contribution in [1.29, 1.82) is 0 Å². The second kappa shape index (κ2) is 28.0. The molecule has 0 amide bonds. The van der Waals surface area contributed by atoms with Crippen molar-refractivity contribution in [1.82, 2.24) is 0 Å². The lowest BCUT2D eigenvalue weighted by Gasteiger charge is -1.96. The maximum Gasteiger partial charge on any atom is 0.667 e. The van der Waals surface area contributed by atoms with Crippen molar-refractivity contribution in [2.24, 2.45) is 4.74 Å². The predicted molar refractivity (Wildman–Crippen MR) is 124 cm³/mol. The summed E-state index contributed by atoms with van der Waals surface area (Å²) >= 11 is 0. The van der Waals surface area contributed by atoms with E-state index >= 15 is 0 Å². The van der Waals surface area contributed by atoms with Crippen molar-refractivity contribution < 1.29 is 9.05 Å². The SMILES string of the molecule is C.C.C.CC.CC.CC.CN=[P+](Oc1ccccc1)Oc1ccccc1. The number of nitrogens with zero attached hydrogens (tertiary/aromatic N) is 1. The number of hydrogen-bond acceptors (Lipinski definition) is 3. The van der Waals surface area contributed by atoms with Crippen LogP contribution in [0.1, 0.15) is 63.8 Å². The van der Waals surface area contributed by atoms with Gasteiger partial charge in [0.1, 0.15) is 0 Å². The Balaban J connectivity index is -0.000000149. The van der Waals surface area contributed by atoms with Gasteiger partial charge in [0.05, 0.1) is 7.05 Å². The summed E-state index contributed by atoms with van der Waals surface area (Å²) in [5, 5.41) is 0. The van der Waals surface area contributed by atoms with E-state index in [2.05, 4.69) is 4.74 Å². The topological polar surface area (TPSA) is 30.8 Å². The molecule has 0 radical (unpaired) electrons. The molecule has 0 fully saturated rings. The summed E-state index contributed by atoms with van der Waals surface area (Å²) in [6, 6.07) is 19.1. The van der Waals surface area contributed by atoms with E-state index in [9.17, 15) is 0 Å². The average Bonchev–Trinajstić information content (AvgIpc) is 2.68. The van der Waals surface area contributed by atoms with Gasteiger partial charge < -0.3 is 0 Å². The third kappa shape index (κ3) is 17.0. The minimum absolute atomic E-state index is 0. The van der Waals surface area contributed by atoms with E-state index in [-0.39, 0.29) is 22.3 Å². The molecule has 2 aromatic carbocycles. The Morgan fingerprint density at radius 2 is 0.846 bits per heavy atom. The standard InChI is InChI=1S/C13H13NO2P.3C2H6.3CH4/c1-14-17(15-12-8-4-2-5-9-12)16-13-10-6-3-7-11-13;3*1-2;;;/h2-11H,1H3;3*1-2H3;3*1H4/q+1;;;;;;. The molecule has 0 aliphatic carbocycles. The molecule has 152 valence electrons. The van der Waals surface area contributed by atoms with Crippen molar-refractivity contribution in [3.8, 4) is 11.5 Å². The highest BCUT2D eigenvalue weighted by Crippen LogP contribution is 2.32. The van der Waals surface area contributed by atoms with E-state index in [1.807, 2.05) is 102 Å². The first-order valence-corrected chi connectivity index (χ1v) is 9.37. The molecule has 26 heavy (non-hydrogen) atoms. The molecule has 2 aromatic rings. The monoisotopic (exact) mass is 384 g/mol. The lowest BCUT2D eigenvalue weighted by molar-refractivity contribution is 0.501. The van der Waals surface area contributed by atoms with Crippen LogP contribution in [-0.2, 0) is 0 Å². The molecule has 0 atom stereocenters. The molecule has 0 saturated carbocycles. The molecule has 0 bridgehead atoms. The highest BCUT2D eigenvalue weighted by molar-refractivity contribution is 7.37. The minimum Gasteiger partial charge on any atom is -0.236 e. The summed E-state index contributed by atoms with van der Waals surface area (Å²) < 4.78 is 15.4. The lowest BCUT2D eigenvalue weighted by atomic mass is 10.3. The van der Waals surface area contributed by atoms with Gasteiger partial charge in [0, 0.05) is 0 Å². The summed E-state index contributed by atoms with van der Waals surface area (Å²) in [5.41, 5.74) is 0. The van der Waals surface area contributed by atoms with E-state index in [4.69, 9.17) is 9.05 Å². The third-order valence-corrected chi connectivity index (χ3v) is 3.08. The normalized spacial score (nSPS) is 6.88. The Morgan fingerprint density at radius 1 is 0.577 bits per heavy atom. The Kier molecular flexibility index (Phi) is 37.9. The summed E-state index contributed by atoms with van der Waals surface area (Å²) in [5.74, 6) is 1.53. The largest absolute Gasteiger partial charge is 0.667 e. The van der Waals surface area contributed by atoms with Gasteiger partial charge in [-0.1, -0.05) is 100 Å². The average molecular weight is 385 g/mol. The highest BCUT2D eigenvalue weighted by Gasteiger charge is 2.19. The molecular formula is C22H43NO2P+.